The van der Waals surface area contributed by atoms with Crippen molar-refractivity contribution in [2.45, 2.75) is 58.4 Å². The highest BCUT2D eigenvalue weighted by molar-refractivity contribution is 6.51. The SMILES string of the molecule is Cc1ccc(C(C)(C)C)cc1/C(O)=C1\C(=O)C(=O)N(c2ccc(N3CCCCC3)cc2)C1c1ccncc1. The maximum Gasteiger partial charge on any atom is 0.300 e. The molecule has 2 aliphatic rings. The number of hydrogen-bond donors (Lipinski definition) is 1. The second-order valence-corrected chi connectivity index (χ2v) is 11.3. The quantitative estimate of drug-likeness (QED) is 0.254. The van der Waals surface area contributed by atoms with Gasteiger partial charge in [-0.15, -0.1) is 0 Å². The van der Waals surface area contributed by atoms with Crippen molar-refractivity contribution in [2.75, 3.05) is 22.9 Å². The van der Waals surface area contributed by atoms with Crippen molar-refractivity contribution in [3.05, 3.63) is 94.8 Å². The van der Waals surface area contributed by atoms with Crippen molar-refractivity contribution in [1.82, 2.24) is 4.98 Å². The van der Waals surface area contributed by atoms with E-state index in [1.807, 2.05) is 49.4 Å². The number of aromatic nitrogens is 1. The van der Waals surface area contributed by atoms with Gasteiger partial charge in [0.05, 0.1) is 11.6 Å². The molecule has 1 atom stereocenters. The molecule has 2 saturated heterocycles. The summed E-state index contributed by atoms with van der Waals surface area (Å²) in [5, 5.41) is 11.6. The highest BCUT2D eigenvalue weighted by atomic mass is 16.3. The number of carbonyl (C=O) groups excluding carboxylic acids is 2. The minimum atomic E-state index is -0.767. The van der Waals surface area contributed by atoms with Crippen LogP contribution in [-0.4, -0.2) is 34.9 Å². The number of aliphatic hydroxyl groups is 1. The number of Topliss-reactive ketones (excluding diaryl/α,β-unsaturated/α-hetero) is 1. The number of anilines is 2. The van der Waals surface area contributed by atoms with E-state index in [-0.39, 0.29) is 16.7 Å². The molecule has 0 aliphatic carbocycles. The molecule has 196 valence electrons. The third-order valence-corrected chi connectivity index (χ3v) is 7.67. The monoisotopic (exact) mass is 509 g/mol. The fourth-order valence-electron chi connectivity index (χ4n) is 5.42. The summed E-state index contributed by atoms with van der Waals surface area (Å²) >= 11 is 0. The highest BCUT2D eigenvalue weighted by Gasteiger charge is 2.47. The number of benzene rings is 2. The van der Waals surface area contributed by atoms with Crippen LogP contribution in [-0.2, 0) is 15.0 Å². The van der Waals surface area contributed by atoms with Crippen molar-refractivity contribution in [1.29, 1.82) is 0 Å². The van der Waals surface area contributed by atoms with Crippen molar-refractivity contribution in [3.63, 3.8) is 0 Å². The molecule has 2 aliphatic heterocycles. The smallest absolute Gasteiger partial charge is 0.300 e. The number of amides is 1. The number of rotatable bonds is 4. The third-order valence-electron chi connectivity index (χ3n) is 7.67. The van der Waals surface area contributed by atoms with Crippen molar-refractivity contribution < 1.29 is 14.7 Å². The summed E-state index contributed by atoms with van der Waals surface area (Å²) in [6, 6.07) is 16.5. The van der Waals surface area contributed by atoms with Crippen LogP contribution < -0.4 is 9.80 Å². The summed E-state index contributed by atoms with van der Waals surface area (Å²) in [4.78, 5) is 35.1. The molecule has 0 spiro atoms. The van der Waals surface area contributed by atoms with Crippen LogP contribution in [0.3, 0.4) is 0 Å². The summed E-state index contributed by atoms with van der Waals surface area (Å²) in [5.41, 5.74) is 4.83. The molecule has 5 rings (SSSR count). The molecule has 0 bridgehead atoms. The van der Waals surface area contributed by atoms with Crippen LogP contribution in [0, 0.1) is 6.92 Å². The average molecular weight is 510 g/mol. The minimum absolute atomic E-state index is 0.0930. The number of hydrogen-bond acceptors (Lipinski definition) is 5. The number of pyridine rings is 1. The van der Waals surface area contributed by atoms with E-state index in [2.05, 4.69) is 30.7 Å². The summed E-state index contributed by atoms with van der Waals surface area (Å²) in [7, 11) is 0. The van der Waals surface area contributed by atoms with Gasteiger partial charge in [0, 0.05) is 42.4 Å². The Morgan fingerprint density at radius 3 is 2.16 bits per heavy atom. The van der Waals surface area contributed by atoms with Gasteiger partial charge < -0.3 is 10.0 Å². The summed E-state index contributed by atoms with van der Waals surface area (Å²) in [6.45, 7) is 10.3. The fraction of sp³-hybridized carbons (Fsp3) is 0.344. The number of nitrogens with zero attached hydrogens (tertiary/aromatic N) is 3. The first-order chi connectivity index (χ1) is 18.2. The van der Waals surface area contributed by atoms with Gasteiger partial charge in [-0.25, -0.2) is 0 Å². The van der Waals surface area contributed by atoms with E-state index in [0.717, 1.165) is 29.9 Å². The largest absolute Gasteiger partial charge is 0.507 e. The van der Waals surface area contributed by atoms with Gasteiger partial charge in [-0.05, 0) is 90.8 Å². The highest BCUT2D eigenvalue weighted by Crippen LogP contribution is 2.43. The Kier molecular flexibility index (Phi) is 6.82. The molecule has 0 saturated carbocycles. The van der Waals surface area contributed by atoms with Crippen LogP contribution in [0.4, 0.5) is 11.4 Å². The van der Waals surface area contributed by atoms with E-state index in [9.17, 15) is 14.7 Å². The minimum Gasteiger partial charge on any atom is -0.507 e. The van der Waals surface area contributed by atoms with Crippen LogP contribution in [0.15, 0.2) is 72.6 Å². The van der Waals surface area contributed by atoms with Gasteiger partial charge in [-0.2, -0.15) is 0 Å². The van der Waals surface area contributed by atoms with Gasteiger partial charge in [-0.3, -0.25) is 19.5 Å². The second-order valence-electron chi connectivity index (χ2n) is 11.3. The number of aryl methyl sites for hydroxylation is 1. The number of aliphatic hydroxyl groups excluding tert-OH is 1. The molecule has 6 heteroatoms. The zero-order valence-corrected chi connectivity index (χ0v) is 22.6. The molecular formula is C32H35N3O3. The van der Waals surface area contributed by atoms with Crippen molar-refractivity contribution >= 4 is 28.8 Å². The molecule has 2 fully saturated rings. The lowest BCUT2D eigenvalue weighted by atomic mass is 9.84. The molecular weight excluding hydrogens is 474 g/mol. The molecule has 6 nitrogen and oxygen atoms in total. The third kappa shape index (κ3) is 4.71. The molecule has 3 heterocycles. The van der Waals surface area contributed by atoms with E-state index >= 15 is 0 Å². The number of piperidine rings is 1. The molecule has 2 aromatic carbocycles. The first-order valence-corrected chi connectivity index (χ1v) is 13.3. The van der Waals surface area contributed by atoms with Crippen molar-refractivity contribution in [3.8, 4) is 0 Å². The first kappa shape index (κ1) is 25.7. The zero-order chi connectivity index (χ0) is 27.0. The lowest BCUT2D eigenvalue weighted by molar-refractivity contribution is -0.132. The lowest BCUT2D eigenvalue weighted by Crippen LogP contribution is -2.30. The van der Waals surface area contributed by atoms with E-state index in [0.29, 0.717) is 16.8 Å². The molecule has 1 N–H and O–H groups in total. The lowest BCUT2D eigenvalue weighted by Gasteiger charge is -2.30. The summed E-state index contributed by atoms with van der Waals surface area (Å²) < 4.78 is 0. The normalized spacial score (nSPS) is 19.7. The van der Waals surface area contributed by atoms with Crippen LogP contribution >= 0.6 is 0 Å². The maximum absolute atomic E-state index is 13.6. The predicted molar refractivity (Wildman–Crippen MR) is 151 cm³/mol. The van der Waals surface area contributed by atoms with E-state index in [1.54, 1.807) is 24.5 Å². The summed E-state index contributed by atoms with van der Waals surface area (Å²) in [5.74, 6) is -1.49. The first-order valence-electron chi connectivity index (χ1n) is 13.3. The van der Waals surface area contributed by atoms with Gasteiger partial charge in [0.2, 0.25) is 0 Å². The van der Waals surface area contributed by atoms with Crippen LogP contribution in [0.2, 0.25) is 0 Å². The fourth-order valence-corrected chi connectivity index (χ4v) is 5.42. The molecule has 0 radical (unpaired) electrons. The van der Waals surface area contributed by atoms with Gasteiger partial charge >= 0.3 is 0 Å². The van der Waals surface area contributed by atoms with Gasteiger partial charge in [0.25, 0.3) is 11.7 Å². The second kappa shape index (κ2) is 10.1. The van der Waals surface area contributed by atoms with Crippen LogP contribution in [0.1, 0.15) is 68.3 Å². The van der Waals surface area contributed by atoms with E-state index in [1.165, 1.54) is 24.2 Å². The van der Waals surface area contributed by atoms with Gasteiger partial charge in [0.1, 0.15) is 5.76 Å². The molecule has 3 aromatic rings. The maximum atomic E-state index is 13.6. The molecule has 1 unspecified atom stereocenters. The Morgan fingerprint density at radius 2 is 1.53 bits per heavy atom. The van der Waals surface area contributed by atoms with Gasteiger partial charge in [-0.1, -0.05) is 32.9 Å². The predicted octanol–water partition coefficient (Wildman–Crippen LogP) is 6.30. The Morgan fingerprint density at radius 1 is 0.895 bits per heavy atom. The zero-order valence-electron chi connectivity index (χ0n) is 22.6. The Hall–Kier alpha value is -3.93. The number of carbonyl (C=O) groups is 2. The summed E-state index contributed by atoms with van der Waals surface area (Å²) in [6.07, 6.45) is 6.88. The topological polar surface area (TPSA) is 73.7 Å². The Labute approximate surface area is 224 Å². The Bertz CT molecular complexity index is 1380. The van der Waals surface area contributed by atoms with E-state index in [4.69, 9.17) is 0 Å². The average Bonchev–Trinajstić information content (AvgIpc) is 3.19. The molecule has 1 aromatic heterocycles. The molecule has 38 heavy (non-hydrogen) atoms. The van der Waals surface area contributed by atoms with Gasteiger partial charge in [0.15, 0.2) is 0 Å². The number of ketones is 1. The Balaban J connectivity index is 1.63. The van der Waals surface area contributed by atoms with Crippen molar-refractivity contribution in [2.24, 2.45) is 0 Å². The van der Waals surface area contributed by atoms with E-state index < -0.39 is 17.7 Å². The molecule has 1 amide bonds. The standard InChI is InChI=1S/C32H35N3O3/c1-21-8-9-23(32(2,3)4)20-26(21)29(36)27-28(22-14-16-33-17-15-22)35(31(38)30(27)37)25-12-10-24(11-13-25)34-18-6-5-7-19-34/h8-17,20,28,36H,5-7,18-19H2,1-4H3/b29-27+. The van der Waals surface area contributed by atoms with Crippen LogP contribution in [0.25, 0.3) is 5.76 Å². The van der Waals surface area contributed by atoms with Crippen LogP contribution in [0.5, 0.6) is 0 Å².